The van der Waals surface area contributed by atoms with Crippen LogP contribution in [-0.4, -0.2) is 12.5 Å². The fourth-order valence-electron chi connectivity index (χ4n) is 2.72. The van der Waals surface area contributed by atoms with Gasteiger partial charge in [0, 0.05) is 13.0 Å². The number of hydrogen-bond donors (Lipinski definition) is 1. The average molecular weight is 167 g/mol. The molecule has 1 saturated heterocycles. The third-order valence-corrected chi connectivity index (χ3v) is 3.90. The Labute approximate surface area is 73.7 Å². The van der Waals surface area contributed by atoms with E-state index in [1.807, 2.05) is 0 Å². The van der Waals surface area contributed by atoms with Crippen LogP contribution in [0.1, 0.15) is 39.0 Å². The van der Waals surface area contributed by atoms with Gasteiger partial charge >= 0.3 is 0 Å². The molecule has 1 aliphatic carbocycles. The molecule has 0 spiro atoms. The number of nitrogens with one attached hydrogen (secondary N) is 1. The van der Waals surface area contributed by atoms with Crippen molar-refractivity contribution in [1.29, 1.82) is 0 Å². The van der Waals surface area contributed by atoms with Gasteiger partial charge in [-0.3, -0.25) is 4.79 Å². The smallest absolute Gasteiger partial charge is 0.220 e. The quantitative estimate of drug-likeness (QED) is 0.666. The molecule has 1 amide bonds. The molecule has 1 heterocycles. The van der Waals surface area contributed by atoms with E-state index in [0.29, 0.717) is 11.3 Å². The Balaban J connectivity index is 2.02. The summed E-state index contributed by atoms with van der Waals surface area (Å²) in [6.07, 6.45) is 6.12. The molecule has 0 radical (unpaired) electrons. The third kappa shape index (κ3) is 1.05. The van der Waals surface area contributed by atoms with Crippen LogP contribution in [-0.2, 0) is 4.79 Å². The predicted octanol–water partition coefficient (Wildman–Crippen LogP) is 1.70. The van der Waals surface area contributed by atoms with Gasteiger partial charge in [0.2, 0.25) is 5.91 Å². The molecule has 2 aliphatic rings. The highest BCUT2D eigenvalue weighted by molar-refractivity contribution is 5.78. The number of hydrogen-bond acceptors (Lipinski definition) is 1. The first-order chi connectivity index (χ1) is 5.77. The summed E-state index contributed by atoms with van der Waals surface area (Å²) < 4.78 is 0. The summed E-state index contributed by atoms with van der Waals surface area (Å²) in [6, 6.07) is 0. The van der Waals surface area contributed by atoms with E-state index in [2.05, 4.69) is 12.2 Å². The minimum atomic E-state index is 0.264. The maximum atomic E-state index is 11.0. The second kappa shape index (κ2) is 2.75. The van der Waals surface area contributed by atoms with E-state index in [1.54, 1.807) is 0 Å². The Hall–Kier alpha value is -0.530. The lowest BCUT2D eigenvalue weighted by Crippen LogP contribution is -2.37. The first-order valence-corrected chi connectivity index (χ1v) is 5.03. The molecule has 2 heteroatoms. The van der Waals surface area contributed by atoms with Gasteiger partial charge in [0.1, 0.15) is 0 Å². The summed E-state index contributed by atoms with van der Waals surface area (Å²) in [6.45, 7) is 3.20. The predicted molar refractivity (Wildman–Crippen MR) is 47.7 cm³/mol. The van der Waals surface area contributed by atoms with Crippen molar-refractivity contribution in [2.45, 2.75) is 39.0 Å². The van der Waals surface area contributed by atoms with E-state index in [0.717, 1.165) is 13.0 Å². The fourth-order valence-corrected chi connectivity index (χ4v) is 2.72. The van der Waals surface area contributed by atoms with Crippen molar-refractivity contribution in [2.24, 2.45) is 11.3 Å². The van der Waals surface area contributed by atoms with Crippen LogP contribution in [0.15, 0.2) is 0 Å². The number of carbonyl (C=O) groups excluding carboxylic acids is 1. The number of rotatable bonds is 2. The normalized spacial score (nSPS) is 32.8. The molecular weight excluding hydrogens is 150 g/mol. The molecule has 0 aromatic carbocycles. The molecule has 1 aliphatic heterocycles. The first-order valence-electron chi connectivity index (χ1n) is 5.03. The van der Waals surface area contributed by atoms with Gasteiger partial charge in [-0.15, -0.1) is 0 Å². The highest BCUT2D eigenvalue weighted by atomic mass is 16.1. The van der Waals surface area contributed by atoms with E-state index in [-0.39, 0.29) is 5.91 Å². The van der Waals surface area contributed by atoms with Crippen LogP contribution in [0.4, 0.5) is 0 Å². The van der Waals surface area contributed by atoms with E-state index in [9.17, 15) is 4.79 Å². The molecule has 0 aromatic heterocycles. The molecule has 2 fully saturated rings. The van der Waals surface area contributed by atoms with Crippen molar-refractivity contribution in [3.63, 3.8) is 0 Å². The van der Waals surface area contributed by atoms with Gasteiger partial charge in [0.15, 0.2) is 0 Å². The highest BCUT2D eigenvalue weighted by Gasteiger charge is 2.44. The molecule has 68 valence electrons. The molecule has 1 atom stereocenters. The van der Waals surface area contributed by atoms with Crippen LogP contribution in [0, 0.1) is 11.3 Å². The Morgan fingerprint density at radius 2 is 2.33 bits per heavy atom. The van der Waals surface area contributed by atoms with E-state index >= 15 is 0 Å². The van der Waals surface area contributed by atoms with Crippen LogP contribution in [0.3, 0.4) is 0 Å². The molecular formula is C10H17NO. The highest BCUT2D eigenvalue weighted by Crippen LogP contribution is 2.51. The minimum absolute atomic E-state index is 0.264. The molecule has 1 N–H and O–H groups in total. The second-order valence-electron chi connectivity index (χ2n) is 4.27. The summed E-state index contributed by atoms with van der Waals surface area (Å²) >= 11 is 0. The average Bonchev–Trinajstić information content (AvgIpc) is 2.35. The van der Waals surface area contributed by atoms with Gasteiger partial charge in [0.25, 0.3) is 0 Å². The zero-order valence-corrected chi connectivity index (χ0v) is 7.73. The van der Waals surface area contributed by atoms with Crippen molar-refractivity contribution in [1.82, 2.24) is 5.32 Å². The van der Waals surface area contributed by atoms with E-state index < -0.39 is 0 Å². The van der Waals surface area contributed by atoms with Crippen molar-refractivity contribution >= 4 is 5.91 Å². The molecule has 1 saturated carbocycles. The van der Waals surface area contributed by atoms with Crippen LogP contribution >= 0.6 is 0 Å². The summed E-state index contributed by atoms with van der Waals surface area (Å²) in [5, 5.41) is 2.94. The third-order valence-electron chi connectivity index (χ3n) is 3.90. The van der Waals surface area contributed by atoms with Crippen molar-refractivity contribution in [3.05, 3.63) is 0 Å². The van der Waals surface area contributed by atoms with Gasteiger partial charge in [-0.25, -0.2) is 0 Å². The molecule has 1 unspecified atom stereocenters. The van der Waals surface area contributed by atoms with Crippen molar-refractivity contribution < 1.29 is 4.79 Å². The van der Waals surface area contributed by atoms with Crippen LogP contribution < -0.4 is 5.32 Å². The van der Waals surface area contributed by atoms with Crippen molar-refractivity contribution in [3.8, 4) is 0 Å². The summed E-state index contributed by atoms with van der Waals surface area (Å²) in [5.41, 5.74) is 0.541. The monoisotopic (exact) mass is 167 g/mol. The lowest BCUT2D eigenvalue weighted by atomic mass is 9.59. The fraction of sp³-hybridized carbons (Fsp3) is 0.900. The summed E-state index contributed by atoms with van der Waals surface area (Å²) in [7, 11) is 0. The standard InChI is InChI=1S/C10H17NO/c1-2-10(4-3-5-10)8-6-9(12)11-7-8/h8H,2-7H2,1H3,(H,11,12). The van der Waals surface area contributed by atoms with Gasteiger partial charge in [-0.1, -0.05) is 19.8 Å². The van der Waals surface area contributed by atoms with Crippen LogP contribution in [0.2, 0.25) is 0 Å². The maximum absolute atomic E-state index is 11.0. The number of amides is 1. The Morgan fingerprint density at radius 1 is 1.58 bits per heavy atom. The topological polar surface area (TPSA) is 29.1 Å². The first kappa shape index (κ1) is 8.09. The SMILES string of the molecule is CCC1(C2CNC(=O)C2)CCC1. The van der Waals surface area contributed by atoms with Crippen molar-refractivity contribution in [2.75, 3.05) is 6.54 Å². The van der Waals surface area contributed by atoms with Crippen LogP contribution in [0.25, 0.3) is 0 Å². The van der Waals surface area contributed by atoms with Gasteiger partial charge in [-0.05, 0) is 24.2 Å². The minimum Gasteiger partial charge on any atom is -0.356 e. The van der Waals surface area contributed by atoms with E-state index in [1.165, 1.54) is 25.7 Å². The Bertz CT molecular complexity index is 191. The lowest BCUT2D eigenvalue weighted by molar-refractivity contribution is -0.119. The number of carbonyl (C=O) groups is 1. The molecule has 2 rings (SSSR count). The second-order valence-corrected chi connectivity index (χ2v) is 4.27. The summed E-state index contributed by atoms with van der Waals surface area (Å²) in [5.74, 6) is 0.906. The molecule has 0 aromatic rings. The maximum Gasteiger partial charge on any atom is 0.220 e. The largest absolute Gasteiger partial charge is 0.356 e. The van der Waals surface area contributed by atoms with Gasteiger partial charge in [-0.2, -0.15) is 0 Å². The zero-order chi connectivity index (χ0) is 8.60. The van der Waals surface area contributed by atoms with Gasteiger partial charge < -0.3 is 5.32 Å². The Morgan fingerprint density at radius 3 is 2.67 bits per heavy atom. The van der Waals surface area contributed by atoms with E-state index in [4.69, 9.17) is 0 Å². The molecule has 12 heavy (non-hydrogen) atoms. The zero-order valence-electron chi connectivity index (χ0n) is 7.73. The Kier molecular flexibility index (Phi) is 1.85. The lowest BCUT2D eigenvalue weighted by Gasteiger charge is -2.45. The van der Waals surface area contributed by atoms with Gasteiger partial charge in [0.05, 0.1) is 0 Å². The molecule has 2 nitrogen and oxygen atoms in total. The molecule has 0 bridgehead atoms. The van der Waals surface area contributed by atoms with Crippen LogP contribution in [0.5, 0.6) is 0 Å². The summed E-state index contributed by atoms with van der Waals surface area (Å²) in [4.78, 5) is 11.0.